The van der Waals surface area contributed by atoms with E-state index in [0.717, 1.165) is 0 Å². The van der Waals surface area contributed by atoms with E-state index in [1.54, 1.807) is 11.1 Å². The number of halogens is 2. The molecule has 0 radical (unpaired) electrons. The molecule has 2 aromatic carbocycles. The standard InChI is InChI=1S/2C13H13.2FH.Zr/c2*1-2-6-12(7-3-1)10-11-13-8-4-5-9-13;;;/h2*1-4,6-8H,5,10-11H2;2*1H;/q;;;;+2/p-2. The number of hydrogen-bond donors (Lipinski definition) is 0. The number of hydrogen-bond acceptors (Lipinski definition) is 0. The quantitative estimate of drug-likeness (QED) is 0.538. The van der Waals surface area contributed by atoms with Crippen LogP contribution in [-0.4, -0.2) is 0 Å². The van der Waals surface area contributed by atoms with Gasteiger partial charge in [0.1, 0.15) is 0 Å². The second kappa shape index (κ2) is 12.0. The van der Waals surface area contributed by atoms with E-state index in [-0.39, 0.29) is 9.41 Å². The molecule has 0 spiro atoms. The minimum Gasteiger partial charge on any atom is -1.00 e. The Morgan fingerprint density at radius 3 is 1.38 bits per heavy atom. The number of allylic oxidation sites excluding steroid dienone is 8. The van der Waals surface area contributed by atoms with Gasteiger partial charge in [0.05, 0.1) is 0 Å². The summed E-state index contributed by atoms with van der Waals surface area (Å²) in [5.74, 6) is 0. The molecule has 0 aromatic heterocycles. The van der Waals surface area contributed by atoms with Crippen LogP contribution in [0.3, 0.4) is 0 Å². The van der Waals surface area contributed by atoms with E-state index in [1.807, 2.05) is 6.56 Å². The van der Waals surface area contributed by atoms with Crippen molar-refractivity contribution in [1.82, 2.24) is 0 Å². The Kier molecular flexibility index (Phi) is 9.68. The zero-order chi connectivity index (χ0) is 18.3. The zero-order valence-electron chi connectivity index (χ0n) is 16.6. The molecule has 0 fully saturated rings. The molecule has 4 rings (SSSR count). The zero-order valence-corrected chi connectivity index (χ0v) is 19.0. The van der Waals surface area contributed by atoms with Crippen LogP contribution in [0, 0.1) is 0 Å². The molecule has 0 unspecified atom stereocenters. The molecule has 0 aliphatic heterocycles. The number of rotatable bonds is 8. The predicted octanol–water partition coefficient (Wildman–Crippen LogP) is 0.771. The summed E-state index contributed by atoms with van der Waals surface area (Å²) in [5.41, 5.74) is 6.21. The predicted molar refractivity (Wildman–Crippen MR) is 111 cm³/mol. The van der Waals surface area contributed by atoms with E-state index < -0.39 is 23.2 Å². The molecule has 0 amide bonds. The molecule has 0 atom stereocenters. The number of aryl methyl sites for hydroxylation is 2. The van der Waals surface area contributed by atoms with Crippen LogP contribution in [0.1, 0.15) is 36.8 Å². The molecule has 0 saturated carbocycles. The molecular formula is C26H26F2Zr. The summed E-state index contributed by atoms with van der Waals surface area (Å²) >= 11 is -0.623. The average molecular weight is 468 g/mol. The van der Waals surface area contributed by atoms with Crippen molar-refractivity contribution in [3.8, 4) is 0 Å². The van der Waals surface area contributed by atoms with E-state index >= 15 is 0 Å². The fourth-order valence-electron chi connectivity index (χ4n) is 3.86. The molecule has 2 aliphatic carbocycles. The first-order chi connectivity index (χ1) is 13.4. The van der Waals surface area contributed by atoms with Crippen molar-refractivity contribution in [2.75, 3.05) is 0 Å². The molecule has 0 bridgehead atoms. The fourth-order valence-corrected chi connectivity index (χ4v) is 7.65. The van der Waals surface area contributed by atoms with Gasteiger partial charge in [0, 0.05) is 0 Å². The van der Waals surface area contributed by atoms with Gasteiger partial charge in [0.15, 0.2) is 0 Å². The first-order valence-electron chi connectivity index (χ1n) is 10.0. The van der Waals surface area contributed by atoms with Crippen LogP contribution in [0.15, 0.2) is 103 Å². The van der Waals surface area contributed by atoms with E-state index in [2.05, 4.69) is 85.0 Å². The molecule has 2 aromatic rings. The molecule has 0 heterocycles. The second-order valence-corrected chi connectivity index (χ2v) is 10.9. The van der Waals surface area contributed by atoms with E-state index in [4.69, 9.17) is 0 Å². The monoisotopic (exact) mass is 466 g/mol. The summed E-state index contributed by atoms with van der Waals surface area (Å²) in [5, 5.41) is 0. The van der Waals surface area contributed by atoms with E-state index in [1.165, 1.54) is 49.7 Å². The fraction of sp³-hybridized carbons (Fsp3) is 0.231. The van der Waals surface area contributed by atoms with Crippen molar-refractivity contribution in [3.63, 3.8) is 0 Å². The molecule has 2 aliphatic rings. The van der Waals surface area contributed by atoms with Gasteiger partial charge in [-0.2, -0.15) is 0 Å². The van der Waals surface area contributed by atoms with Gasteiger partial charge < -0.3 is 9.41 Å². The normalized spacial score (nSPS) is 14.6. The Bertz CT molecular complexity index is 817. The third kappa shape index (κ3) is 6.57. The molecular weight excluding hydrogens is 442 g/mol. The van der Waals surface area contributed by atoms with Gasteiger partial charge in [-0.15, -0.1) is 0 Å². The van der Waals surface area contributed by atoms with Crippen LogP contribution in [0.25, 0.3) is 0 Å². The smallest absolute Gasteiger partial charge is 1.00 e. The average Bonchev–Trinajstić information content (AvgIpc) is 3.36. The van der Waals surface area contributed by atoms with Gasteiger partial charge in [-0.05, 0) is 0 Å². The van der Waals surface area contributed by atoms with Crippen molar-refractivity contribution >= 4 is 0 Å². The minimum atomic E-state index is -0.623. The molecule has 0 nitrogen and oxygen atoms in total. The third-order valence-corrected chi connectivity index (χ3v) is 9.48. The van der Waals surface area contributed by atoms with Crippen molar-refractivity contribution in [1.29, 1.82) is 0 Å². The Labute approximate surface area is 184 Å². The summed E-state index contributed by atoms with van der Waals surface area (Å²) < 4.78 is 3.62. The van der Waals surface area contributed by atoms with Crippen molar-refractivity contribution in [3.05, 3.63) is 114 Å². The van der Waals surface area contributed by atoms with Gasteiger partial charge in [0.2, 0.25) is 0 Å². The Morgan fingerprint density at radius 2 is 0.966 bits per heavy atom. The van der Waals surface area contributed by atoms with Gasteiger partial charge in [0.25, 0.3) is 0 Å². The summed E-state index contributed by atoms with van der Waals surface area (Å²) in [6.45, 7) is 0. The maximum Gasteiger partial charge on any atom is -1.00 e. The second-order valence-electron chi connectivity index (χ2n) is 7.32. The molecule has 0 N–H and O–H groups in total. The molecule has 3 heteroatoms. The van der Waals surface area contributed by atoms with Gasteiger partial charge in [-0.1, -0.05) is 0 Å². The topological polar surface area (TPSA) is 0 Å². The largest absolute Gasteiger partial charge is 1.00 e. The first kappa shape index (κ1) is 23.4. The molecule has 148 valence electrons. The van der Waals surface area contributed by atoms with Crippen LogP contribution in [0.5, 0.6) is 0 Å². The third-order valence-electron chi connectivity index (χ3n) is 5.41. The number of benzene rings is 2. The Morgan fingerprint density at radius 1 is 0.552 bits per heavy atom. The molecule has 29 heavy (non-hydrogen) atoms. The van der Waals surface area contributed by atoms with Gasteiger partial charge in [-0.3, -0.25) is 0 Å². The maximum absolute atomic E-state index is 2.41. The van der Waals surface area contributed by atoms with Gasteiger partial charge in [-0.25, -0.2) is 0 Å². The first-order valence-corrected chi connectivity index (χ1v) is 12.5. The van der Waals surface area contributed by atoms with Crippen LogP contribution < -0.4 is 9.41 Å². The van der Waals surface area contributed by atoms with E-state index in [9.17, 15) is 0 Å². The van der Waals surface area contributed by atoms with Crippen LogP contribution in [0.2, 0.25) is 0 Å². The minimum absolute atomic E-state index is 0. The van der Waals surface area contributed by atoms with Crippen LogP contribution in [0.4, 0.5) is 0 Å². The molecule has 0 saturated heterocycles. The van der Waals surface area contributed by atoms with Gasteiger partial charge >= 0.3 is 176 Å². The summed E-state index contributed by atoms with van der Waals surface area (Å²) in [6.07, 6.45) is 16.8. The van der Waals surface area contributed by atoms with Crippen LogP contribution in [-0.2, 0) is 36.1 Å². The summed E-state index contributed by atoms with van der Waals surface area (Å²) in [7, 11) is 0. The van der Waals surface area contributed by atoms with Crippen molar-refractivity contribution in [2.45, 2.75) is 38.5 Å². The SMILES string of the molecule is C1=CC(CCc2ccccc2)=[C]([Zr+2][C]2=C(CCc3ccccc3)C=CC2)C1.[F-].[F-]. The van der Waals surface area contributed by atoms with Crippen molar-refractivity contribution in [2.24, 2.45) is 0 Å². The van der Waals surface area contributed by atoms with Crippen LogP contribution >= 0.6 is 0 Å². The summed E-state index contributed by atoms with van der Waals surface area (Å²) in [4.78, 5) is 0. The van der Waals surface area contributed by atoms with Crippen molar-refractivity contribution < 1.29 is 32.6 Å². The Balaban J connectivity index is 0.00000150. The Hall–Kier alpha value is -1.86. The van der Waals surface area contributed by atoms with E-state index in [0.29, 0.717) is 0 Å². The summed E-state index contributed by atoms with van der Waals surface area (Å²) in [6, 6.07) is 21.8. The maximum atomic E-state index is 2.41.